The maximum atomic E-state index is 12.9. The molecule has 0 saturated carbocycles. The molecule has 1 aromatic heterocycles. The number of carbonyl (C=O) groups is 1. The van der Waals surface area contributed by atoms with Gasteiger partial charge >= 0.3 is 0 Å². The maximum absolute atomic E-state index is 12.9. The van der Waals surface area contributed by atoms with Gasteiger partial charge in [-0.2, -0.15) is 0 Å². The Labute approximate surface area is 172 Å². The SMILES string of the molecule is Cc1nc(-c2ccccc2)ccc1C(=O)Nc1ccc2c(c1)N(C)CCN(C)C2. The van der Waals surface area contributed by atoms with Crippen molar-refractivity contribution in [1.29, 1.82) is 0 Å². The topological polar surface area (TPSA) is 48.5 Å². The van der Waals surface area contributed by atoms with Gasteiger partial charge in [0.1, 0.15) is 0 Å². The molecule has 148 valence electrons. The molecule has 0 spiro atoms. The molecule has 2 aromatic carbocycles. The molecule has 2 heterocycles. The number of nitrogens with one attached hydrogen (secondary N) is 1. The Morgan fingerprint density at radius 3 is 2.55 bits per heavy atom. The molecule has 5 nitrogen and oxygen atoms in total. The number of benzene rings is 2. The van der Waals surface area contributed by atoms with Gasteiger partial charge in [0.15, 0.2) is 0 Å². The molecular formula is C24H26N4O. The number of aromatic nitrogens is 1. The average Bonchev–Trinajstić information content (AvgIpc) is 2.87. The van der Waals surface area contributed by atoms with E-state index in [1.165, 1.54) is 11.3 Å². The zero-order valence-electron chi connectivity index (χ0n) is 17.1. The molecule has 0 saturated heterocycles. The van der Waals surface area contributed by atoms with Crippen molar-refractivity contribution in [2.24, 2.45) is 0 Å². The summed E-state index contributed by atoms with van der Waals surface area (Å²) < 4.78 is 0. The molecule has 0 atom stereocenters. The number of aryl methyl sites for hydroxylation is 1. The van der Waals surface area contributed by atoms with E-state index >= 15 is 0 Å². The Kier molecular flexibility index (Phi) is 5.32. The molecular weight excluding hydrogens is 360 g/mol. The minimum absolute atomic E-state index is 0.136. The van der Waals surface area contributed by atoms with E-state index in [4.69, 9.17) is 0 Å². The first-order valence-corrected chi connectivity index (χ1v) is 9.88. The van der Waals surface area contributed by atoms with Crippen LogP contribution < -0.4 is 10.2 Å². The third-order valence-corrected chi connectivity index (χ3v) is 5.41. The molecule has 0 aliphatic carbocycles. The maximum Gasteiger partial charge on any atom is 0.257 e. The van der Waals surface area contributed by atoms with Crippen LogP contribution >= 0.6 is 0 Å². The minimum atomic E-state index is -0.136. The van der Waals surface area contributed by atoms with Gasteiger partial charge in [-0.1, -0.05) is 36.4 Å². The summed E-state index contributed by atoms with van der Waals surface area (Å²) in [6.07, 6.45) is 0. The first kappa shape index (κ1) is 19.2. The minimum Gasteiger partial charge on any atom is -0.373 e. The standard InChI is InChI=1S/C24H26N4O/c1-17-21(11-12-22(25-17)18-7-5-4-6-8-18)24(29)26-20-10-9-19-16-27(2)13-14-28(3)23(19)15-20/h4-12,15H,13-14,16H2,1-3H3,(H,26,29). The summed E-state index contributed by atoms with van der Waals surface area (Å²) in [5.74, 6) is -0.136. The highest BCUT2D eigenvalue weighted by molar-refractivity contribution is 6.05. The van der Waals surface area contributed by atoms with Crippen molar-refractivity contribution >= 4 is 17.3 Å². The summed E-state index contributed by atoms with van der Waals surface area (Å²) in [4.78, 5) is 22.1. The van der Waals surface area contributed by atoms with Gasteiger partial charge in [0.05, 0.1) is 17.0 Å². The molecule has 0 unspecified atom stereocenters. The molecule has 0 fully saturated rings. The van der Waals surface area contributed by atoms with Crippen LogP contribution in [0.5, 0.6) is 0 Å². The van der Waals surface area contributed by atoms with Crippen molar-refractivity contribution in [2.75, 3.05) is 37.4 Å². The molecule has 1 N–H and O–H groups in total. The van der Waals surface area contributed by atoms with Gasteiger partial charge in [-0.15, -0.1) is 0 Å². The van der Waals surface area contributed by atoms with Crippen molar-refractivity contribution in [1.82, 2.24) is 9.88 Å². The lowest BCUT2D eigenvalue weighted by atomic mass is 10.1. The van der Waals surface area contributed by atoms with Crippen LogP contribution in [0, 0.1) is 6.92 Å². The second-order valence-electron chi connectivity index (χ2n) is 7.65. The molecule has 0 radical (unpaired) electrons. The number of carbonyl (C=O) groups excluding carboxylic acids is 1. The second-order valence-corrected chi connectivity index (χ2v) is 7.65. The van der Waals surface area contributed by atoms with Gasteiger partial charge in [-0.3, -0.25) is 9.78 Å². The van der Waals surface area contributed by atoms with E-state index in [-0.39, 0.29) is 5.91 Å². The summed E-state index contributed by atoms with van der Waals surface area (Å²) in [5, 5.41) is 3.04. The van der Waals surface area contributed by atoms with Gasteiger partial charge < -0.3 is 15.1 Å². The van der Waals surface area contributed by atoms with E-state index in [9.17, 15) is 4.79 Å². The lowest BCUT2D eigenvalue weighted by Crippen LogP contribution is -2.26. The number of rotatable bonds is 3. The van der Waals surface area contributed by atoms with Gasteiger partial charge in [0, 0.05) is 43.6 Å². The fourth-order valence-electron chi connectivity index (χ4n) is 3.71. The van der Waals surface area contributed by atoms with E-state index in [0.717, 1.165) is 42.3 Å². The summed E-state index contributed by atoms with van der Waals surface area (Å²) in [7, 11) is 4.23. The highest BCUT2D eigenvalue weighted by atomic mass is 16.1. The lowest BCUT2D eigenvalue weighted by Gasteiger charge is -2.20. The number of likely N-dealkylation sites (N-methyl/N-ethyl adjacent to an activating group) is 2. The monoisotopic (exact) mass is 386 g/mol. The van der Waals surface area contributed by atoms with Crippen LogP contribution in [-0.2, 0) is 6.54 Å². The first-order chi connectivity index (χ1) is 14.0. The molecule has 1 aliphatic heterocycles. The highest BCUT2D eigenvalue weighted by Gasteiger charge is 2.17. The largest absolute Gasteiger partial charge is 0.373 e. The van der Waals surface area contributed by atoms with Gasteiger partial charge in [0.25, 0.3) is 5.91 Å². The van der Waals surface area contributed by atoms with Crippen molar-refractivity contribution in [3.8, 4) is 11.3 Å². The lowest BCUT2D eigenvalue weighted by molar-refractivity contribution is 0.102. The Morgan fingerprint density at radius 1 is 1.00 bits per heavy atom. The predicted molar refractivity (Wildman–Crippen MR) is 118 cm³/mol. The quantitative estimate of drug-likeness (QED) is 0.733. The van der Waals surface area contributed by atoms with Crippen LogP contribution in [-0.4, -0.2) is 43.0 Å². The highest BCUT2D eigenvalue weighted by Crippen LogP contribution is 2.28. The molecule has 3 aromatic rings. The Bertz CT molecular complexity index is 1030. The van der Waals surface area contributed by atoms with Crippen LogP contribution in [0.1, 0.15) is 21.6 Å². The smallest absolute Gasteiger partial charge is 0.257 e. The zero-order chi connectivity index (χ0) is 20.4. The number of nitrogens with zero attached hydrogens (tertiary/aromatic N) is 3. The number of hydrogen-bond acceptors (Lipinski definition) is 4. The number of anilines is 2. The van der Waals surface area contributed by atoms with Crippen molar-refractivity contribution < 1.29 is 4.79 Å². The van der Waals surface area contributed by atoms with E-state index in [0.29, 0.717) is 5.56 Å². The number of fused-ring (bicyclic) bond motifs is 1. The molecule has 1 amide bonds. The van der Waals surface area contributed by atoms with Crippen LogP contribution in [0.25, 0.3) is 11.3 Å². The first-order valence-electron chi connectivity index (χ1n) is 9.88. The fraction of sp³-hybridized carbons (Fsp3) is 0.250. The molecule has 4 rings (SSSR count). The normalized spacial score (nSPS) is 14.2. The van der Waals surface area contributed by atoms with Crippen LogP contribution in [0.3, 0.4) is 0 Å². The summed E-state index contributed by atoms with van der Waals surface area (Å²) >= 11 is 0. The average molecular weight is 386 g/mol. The number of hydrogen-bond donors (Lipinski definition) is 1. The molecule has 0 bridgehead atoms. The molecule has 1 aliphatic rings. The van der Waals surface area contributed by atoms with Crippen molar-refractivity contribution in [3.63, 3.8) is 0 Å². The third-order valence-electron chi connectivity index (χ3n) is 5.41. The van der Waals surface area contributed by atoms with E-state index in [1.807, 2.05) is 55.5 Å². The Hall–Kier alpha value is -3.18. The number of amides is 1. The Morgan fingerprint density at radius 2 is 1.79 bits per heavy atom. The van der Waals surface area contributed by atoms with E-state index < -0.39 is 0 Å². The predicted octanol–water partition coefficient (Wildman–Crippen LogP) is 4.19. The van der Waals surface area contributed by atoms with E-state index in [2.05, 4.69) is 46.3 Å². The van der Waals surface area contributed by atoms with Gasteiger partial charge in [0.2, 0.25) is 0 Å². The van der Waals surface area contributed by atoms with Gasteiger partial charge in [-0.05, 0) is 43.8 Å². The van der Waals surface area contributed by atoms with Crippen LogP contribution in [0.15, 0.2) is 60.7 Å². The fourth-order valence-corrected chi connectivity index (χ4v) is 3.71. The van der Waals surface area contributed by atoms with Gasteiger partial charge in [-0.25, -0.2) is 0 Å². The molecule has 5 heteroatoms. The van der Waals surface area contributed by atoms with E-state index in [1.54, 1.807) is 0 Å². The third kappa shape index (κ3) is 4.15. The summed E-state index contributed by atoms with van der Waals surface area (Å²) in [6, 6.07) is 19.9. The second kappa shape index (κ2) is 8.05. The Balaban J connectivity index is 1.55. The molecule has 29 heavy (non-hydrogen) atoms. The number of pyridine rings is 1. The van der Waals surface area contributed by atoms with Crippen LogP contribution in [0.4, 0.5) is 11.4 Å². The van der Waals surface area contributed by atoms with Crippen molar-refractivity contribution in [2.45, 2.75) is 13.5 Å². The van der Waals surface area contributed by atoms with Crippen LogP contribution in [0.2, 0.25) is 0 Å². The summed E-state index contributed by atoms with van der Waals surface area (Å²) in [5.41, 5.74) is 6.47. The van der Waals surface area contributed by atoms with Crippen molar-refractivity contribution in [3.05, 3.63) is 77.5 Å². The zero-order valence-corrected chi connectivity index (χ0v) is 17.1. The summed E-state index contributed by atoms with van der Waals surface area (Å²) in [6.45, 7) is 4.77.